The topological polar surface area (TPSA) is 342 Å². The van der Waals surface area contributed by atoms with Crippen molar-refractivity contribution in [2.24, 2.45) is 16.6 Å². The number of likely N-dealkylation sites (tertiary alicyclic amines) is 2. The first kappa shape index (κ1) is 106. The van der Waals surface area contributed by atoms with Crippen LogP contribution in [0.5, 0.6) is 23.0 Å². The number of benzene rings is 8. The molecule has 8 heterocycles. The average molecular weight is 1970 g/mol. The number of aliphatic carboxylic acids is 1. The van der Waals surface area contributed by atoms with Gasteiger partial charge in [0.15, 0.2) is 5.78 Å². The van der Waals surface area contributed by atoms with Gasteiger partial charge in [-0.15, -0.1) is 35.1 Å². The van der Waals surface area contributed by atoms with Crippen molar-refractivity contribution in [1.82, 2.24) is 50.0 Å². The van der Waals surface area contributed by atoms with Gasteiger partial charge in [-0.05, 0) is 179 Å². The number of carboxylic acid groups (broad SMARTS) is 1. The number of carboxylic acids is 1. The normalized spacial score (nSPS) is 19.4. The smallest absolute Gasteiger partial charge is 0.329 e. The van der Waals surface area contributed by atoms with Crippen molar-refractivity contribution in [3.05, 3.63) is 261 Å². The van der Waals surface area contributed by atoms with E-state index in [0.717, 1.165) is 153 Å². The molecule has 16 rings (SSSR count). The number of phenolic OH excluding ortho intramolecular Hbond substituents is 2. The van der Waals surface area contributed by atoms with E-state index in [1.165, 1.54) is 54.6 Å². The number of nitrogens with zero attached hydrogens (tertiary/aromatic N) is 10. The molecule has 10 atom stereocenters. The zero-order valence-corrected chi connectivity index (χ0v) is 84.5. The van der Waals surface area contributed by atoms with Gasteiger partial charge in [0.1, 0.15) is 61.5 Å². The number of aromatic hydroxyl groups is 2. The number of nitrogens with two attached hydrogens (primary N) is 1. The van der Waals surface area contributed by atoms with Gasteiger partial charge in [0.2, 0.25) is 23.6 Å². The predicted octanol–water partition coefficient (Wildman–Crippen LogP) is 13.9. The number of carbonyl (C=O) groups excluding carboxylic acids is 5. The van der Waals surface area contributed by atoms with Gasteiger partial charge in [-0.1, -0.05) is 170 Å². The van der Waals surface area contributed by atoms with Crippen LogP contribution in [0.4, 0.5) is 11.4 Å². The van der Waals surface area contributed by atoms with Crippen molar-refractivity contribution in [3.63, 3.8) is 0 Å². The number of hydrogen-bond donors (Lipinski definition) is 8. The van der Waals surface area contributed by atoms with Crippen LogP contribution in [0.1, 0.15) is 155 Å². The second-order valence-electron chi connectivity index (χ2n) is 39.4. The SMILES string of the molecule is Cc1ncsc1-c1ccc([C@H](C)CC(=O)[C@@H]2C[C@@H](O)CN2C(=O)[C@@H](N)C(C)(C)C)cc1.Cc1ncsc1-c1ccc([C@H](C)NC(=O)[C@@H]2C[C@@H](O)CN2C(=O)[C@@H](NC(=O)COCCN2CCN(CCOc3ccc(C4c5ccc(O)cc5CCN4c4ccccc4)cc3)CC2)C(C)(C)C)cc1.Cl.O=C(O)COCCN1CCN(CCOc2ccc(C3c4ccc(O)cc4CCN3c3ccccc3)cc2)CC1. The van der Waals surface area contributed by atoms with Crippen LogP contribution in [0.25, 0.3) is 20.9 Å². The molecule has 8 aromatic carbocycles. The number of fused-ring (bicyclic) bond motifs is 2. The molecule has 2 unspecified atom stereocenters. The number of β-amino-alcohol motifs (C(OH)–C–C–N with tert-alkyl or cyclic N) is 2. The number of aliphatic hydroxyl groups is 2. The summed E-state index contributed by atoms with van der Waals surface area (Å²) in [7, 11) is 0. The fourth-order valence-corrected chi connectivity index (χ4v) is 20.9. The van der Waals surface area contributed by atoms with Gasteiger partial charge in [-0.25, -0.2) is 14.8 Å². The Bertz CT molecular complexity index is 5700. The number of thiazole rings is 2. The highest BCUT2D eigenvalue weighted by Crippen LogP contribution is 2.43. The Labute approximate surface area is 837 Å². The number of aromatic nitrogens is 2. The van der Waals surface area contributed by atoms with Crippen LogP contribution >= 0.6 is 35.1 Å². The van der Waals surface area contributed by atoms with E-state index in [-0.39, 0.29) is 93.2 Å². The molecule has 9 N–H and O–H groups in total. The van der Waals surface area contributed by atoms with Crippen LogP contribution in [0.15, 0.2) is 205 Å². The van der Waals surface area contributed by atoms with Crippen molar-refractivity contribution < 1.29 is 73.2 Å². The summed E-state index contributed by atoms with van der Waals surface area (Å²) in [6.45, 7) is 33.2. The Hall–Kier alpha value is -11.2. The minimum Gasteiger partial charge on any atom is -0.508 e. The lowest BCUT2D eigenvalue weighted by Gasteiger charge is -2.39. The van der Waals surface area contributed by atoms with Gasteiger partial charge in [0.25, 0.3) is 0 Å². The lowest BCUT2D eigenvalue weighted by atomic mass is 9.85. The molecule has 0 saturated carbocycles. The fourth-order valence-electron chi connectivity index (χ4n) is 19.2. The summed E-state index contributed by atoms with van der Waals surface area (Å²) in [6, 6.07) is 62.1. The number of aryl methyl sites for hydroxylation is 2. The van der Waals surface area contributed by atoms with E-state index < -0.39 is 65.0 Å². The molecule has 10 aromatic rings. The van der Waals surface area contributed by atoms with E-state index in [1.807, 2.05) is 147 Å². The first-order chi connectivity index (χ1) is 66.8. The van der Waals surface area contributed by atoms with Crippen LogP contribution < -0.4 is 35.6 Å². The van der Waals surface area contributed by atoms with Gasteiger partial charge < -0.3 is 80.4 Å². The molecule has 2 aromatic heterocycles. The van der Waals surface area contributed by atoms with Gasteiger partial charge in [-0.2, -0.15) is 0 Å². The largest absolute Gasteiger partial charge is 0.508 e. The van der Waals surface area contributed by atoms with Crippen molar-refractivity contribution in [2.45, 2.75) is 162 Å². The molecule has 748 valence electrons. The van der Waals surface area contributed by atoms with E-state index in [1.54, 1.807) is 34.8 Å². The molecule has 6 aliphatic rings. The minimum atomic E-state index is -0.937. The quantitative estimate of drug-likeness (QED) is 0.0174. The number of Topliss-reactive ketones (excluding diaryl/α,β-unsaturated/α-hetero) is 1. The number of hydrogen-bond acceptors (Lipinski definition) is 25. The Morgan fingerprint density at radius 3 is 1.32 bits per heavy atom. The van der Waals surface area contributed by atoms with Gasteiger partial charge in [-0.3, -0.25) is 43.6 Å². The average Bonchev–Trinajstić information content (AvgIpc) is 0.782. The number of piperazine rings is 2. The summed E-state index contributed by atoms with van der Waals surface area (Å²) >= 11 is 3.20. The number of nitrogens with one attached hydrogen (secondary N) is 2. The number of anilines is 2. The molecule has 31 heteroatoms. The highest BCUT2D eigenvalue weighted by Gasteiger charge is 2.47. The van der Waals surface area contributed by atoms with Crippen LogP contribution in [-0.2, 0) is 51.1 Å². The molecule has 6 aliphatic heterocycles. The Morgan fingerprint density at radius 2 is 0.907 bits per heavy atom. The molecular formula is C109H138ClN13O15S2. The summed E-state index contributed by atoms with van der Waals surface area (Å²) < 4.78 is 23.3. The summed E-state index contributed by atoms with van der Waals surface area (Å²) in [6.07, 6.45) is 0.900. The molecule has 0 bridgehead atoms. The molecule has 4 saturated heterocycles. The number of para-hydroxylation sites is 2. The number of aliphatic hydroxyl groups excluding tert-OH is 2. The second kappa shape index (κ2) is 49.5. The van der Waals surface area contributed by atoms with Gasteiger partial charge >= 0.3 is 5.97 Å². The van der Waals surface area contributed by atoms with E-state index in [9.17, 15) is 49.2 Å². The zero-order chi connectivity index (χ0) is 98.6. The molecule has 4 amide bonds. The summed E-state index contributed by atoms with van der Waals surface area (Å²) in [5.41, 5.74) is 24.4. The van der Waals surface area contributed by atoms with E-state index in [2.05, 4.69) is 165 Å². The van der Waals surface area contributed by atoms with Crippen molar-refractivity contribution in [3.8, 4) is 43.9 Å². The number of amides is 4. The fraction of sp³-hybridized carbons (Fsp3) is 0.450. The molecule has 28 nitrogen and oxygen atoms in total. The van der Waals surface area contributed by atoms with Crippen LogP contribution in [0, 0.1) is 24.7 Å². The van der Waals surface area contributed by atoms with E-state index >= 15 is 0 Å². The first-order valence-corrected chi connectivity index (χ1v) is 50.4. The van der Waals surface area contributed by atoms with Crippen LogP contribution in [0.3, 0.4) is 0 Å². The lowest BCUT2D eigenvalue weighted by molar-refractivity contribution is -0.144. The van der Waals surface area contributed by atoms with Crippen molar-refractivity contribution in [2.75, 3.05) is 154 Å². The van der Waals surface area contributed by atoms with Crippen LogP contribution in [-0.4, -0.2) is 281 Å². The van der Waals surface area contributed by atoms with Crippen molar-refractivity contribution >= 4 is 81.8 Å². The highest BCUT2D eigenvalue weighted by molar-refractivity contribution is 7.13. The molecule has 140 heavy (non-hydrogen) atoms. The van der Waals surface area contributed by atoms with Crippen LogP contribution in [0.2, 0.25) is 0 Å². The van der Waals surface area contributed by atoms with E-state index in [4.69, 9.17) is 29.8 Å². The Morgan fingerprint density at radius 1 is 0.493 bits per heavy atom. The minimum absolute atomic E-state index is 0. The maximum atomic E-state index is 14.1. The monoisotopic (exact) mass is 1970 g/mol. The second-order valence-corrected chi connectivity index (χ2v) is 41.1. The first-order valence-electron chi connectivity index (χ1n) is 48.6. The van der Waals surface area contributed by atoms with Gasteiger partial charge in [0.05, 0.1) is 87.8 Å². The number of carbonyl (C=O) groups is 6. The molecule has 0 aliphatic carbocycles. The maximum absolute atomic E-state index is 14.1. The summed E-state index contributed by atoms with van der Waals surface area (Å²) in [4.78, 5) is 106. The van der Waals surface area contributed by atoms with E-state index in [0.29, 0.717) is 50.9 Å². The third-order valence-electron chi connectivity index (χ3n) is 27.3. The number of halogens is 1. The molecule has 0 spiro atoms. The highest BCUT2D eigenvalue weighted by atomic mass is 35.5. The standard InChI is InChI=1S/C54H67N7O7S.C31H37N3O5.C24H33N3O3S.ClH/c1-36(38-11-13-40(14-12-38)50-37(2)55-35-69-50)56-52(65)47-32-44(63)33-61(47)53(66)51(54(3,4)5)57-48(64)34-67-29-27-58-23-25-59(26-24-58)28-30-68-45-18-15-39(16-19-45)49-46-20-17-43(62)31-41(46)21-22-60(49)42-9-7-6-8-10-42;35-27-8-11-29-25(22-27)12-13-34(26-4-2-1-3-5-26)31(29)24-6-9-28(10-7-24)39-21-19-33-16-14-32(15-17-33)18-20-38-23-30(36)37;1-14(16-6-8-17(9-7-16)21-15(2)26-13-31-21)10-20(29)19-11-18(28)12-27(19)23(30)22(25)24(3,4)5;/h6-20,31,35-36,44,47,49,51,62-63H,21-30,32-34H2,1-5H3,(H,56,65)(H,57,64);1-11,22,31,35H,12-21,23H2,(H,36,37);6-9,13-14,18-19,22,28H,10-12,25H2,1-5H3;1H/t36-,44+,47-,49?,51+;;14-,18-,19+,22-;/m0.1./s1. The number of ether oxygens (including phenoxy) is 4. The van der Waals surface area contributed by atoms with Crippen molar-refractivity contribution in [1.29, 1.82) is 0 Å². The van der Waals surface area contributed by atoms with Gasteiger partial charge in [0, 0.05) is 135 Å². The number of rotatable bonds is 34. The summed E-state index contributed by atoms with van der Waals surface area (Å²) in [5, 5.41) is 55.7. The third kappa shape index (κ3) is 28.2. The Kier molecular flexibility index (Phi) is 37.5. The molecular weight excluding hydrogens is 1830 g/mol. The summed E-state index contributed by atoms with van der Waals surface area (Å²) in [5.74, 6) is -0.0787. The lowest BCUT2D eigenvalue weighted by Crippen LogP contribution is -2.58. The zero-order valence-electron chi connectivity index (χ0n) is 82.1. The number of phenols is 2. The third-order valence-corrected chi connectivity index (χ3v) is 29.3. The molecule has 0 radical (unpaired) electrons. The maximum Gasteiger partial charge on any atom is 0.329 e. The molecule has 4 fully saturated rings. The Balaban J connectivity index is 0.000000195. The number of ketones is 1. The predicted molar refractivity (Wildman–Crippen MR) is 551 cm³/mol.